The largest absolute Gasteiger partial charge is 0.416 e. The second-order valence-corrected chi connectivity index (χ2v) is 5.36. The number of carbonyl (C=O) groups is 1. The van der Waals surface area contributed by atoms with Crippen molar-refractivity contribution >= 4 is 34.8 Å². The summed E-state index contributed by atoms with van der Waals surface area (Å²) in [6, 6.07) is 9.02. The van der Waals surface area contributed by atoms with Crippen LogP contribution >= 0.6 is 23.2 Å². The minimum Gasteiger partial charge on any atom is -0.326 e. The zero-order valence-electron chi connectivity index (χ0n) is 11.0. The second kappa shape index (κ2) is 6.58. The van der Waals surface area contributed by atoms with E-state index in [-0.39, 0.29) is 18.0 Å². The van der Waals surface area contributed by atoms with Gasteiger partial charge < -0.3 is 5.32 Å². The van der Waals surface area contributed by atoms with Crippen LogP contribution < -0.4 is 5.32 Å². The highest BCUT2D eigenvalue weighted by Gasteiger charge is 2.29. The Labute approximate surface area is 134 Å². The highest BCUT2D eigenvalue weighted by molar-refractivity contribution is 6.42. The molecule has 0 spiro atoms. The molecule has 0 aliphatic heterocycles. The van der Waals surface area contributed by atoms with E-state index in [1.807, 2.05) is 0 Å². The van der Waals surface area contributed by atoms with Crippen molar-refractivity contribution in [1.82, 2.24) is 0 Å². The van der Waals surface area contributed by atoms with Gasteiger partial charge in [-0.05, 0) is 42.0 Å². The van der Waals surface area contributed by atoms with E-state index in [2.05, 4.69) is 5.32 Å². The fourth-order valence-electron chi connectivity index (χ4n) is 1.78. The molecule has 0 aliphatic carbocycles. The summed E-state index contributed by atoms with van der Waals surface area (Å²) in [5.41, 5.74) is 0.173. The van der Waals surface area contributed by atoms with Crippen molar-refractivity contribution in [3.05, 3.63) is 63.6 Å². The summed E-state index contributed by atoms with van der Waals surface area (Å²) < 4.78 is 37.3. The van der Waals surface area contributed by atoms with Gasteiger partial charge >= 0.3 is 6.18 Å². The van der Waals surface area contributed by atoms with Crippen LogP contribution in [0.15, 0.2) is 42.5 Å². The predicted molar refractivity (Wildman–Crippen MR) is 80.2 cm³/mol. The Morgan fingerprint density at radius 3 is 2.18 bits per heavy atom. The molecule has 0 unspecified atom stereocenters. The van der Waals surface area contributed by atoms with Crippen molar-refractivity contribution in [3.8, 4) is 0 Å². The van der Waals surface area contributed by atoms with Crippen LogP contribution in [0, 0.1) is 0 Å². The Hall–Kier alpha value is -1.72. The SMILES string of the molecule is O=C(Cc1ccc(Cl)c(Cl)c1)Nc1ccc(C(F)(F)F)cc1. The Kier molecular flexibility index (Phi) is 4.98. The van der Waals surface area contributed by atoms with E-state index < -0.39 is 11.7 Å². The molecule has 2 nitrogen and oxygen atoms in total. The number of benzene rings is 2. The summed E-state index contributed by atoms with van der Waals surface area (Å²) in [6.07, 6.45) is -4.36. The molecular formula is C15H10Cl2F3NO. The predicted octanol–water partition coefficient (Wildman–Crippen LogP) is 5.19. The Morgan fingerprint density at radius 1 is 1.00 bits per heavy atom. The average molecular weight is 348 g/mol. The third kappa shape index (κ3) is 4.39. The van der Waals surface area contributed by atoms with Crippen molar-refractivity contribution in [3.63, 3.8) is 0 Å². The maximum atomic E-state index is 12.4. The molecule has 0 heterocycles. The molecule has 116 valence electrons. The zero-order chi connectivity index (χ0) is 16.3. The minimum absolute atomic E-state index is 0.0396. The molecule has 0 saturated heterocycles. The molecule has 1 amide bonds. The summed E-state index contributed by atoms with van der Waals surface area (Å²) in [5.74, 6) is -0.363. The van der Waals surface area contributed by atoms with E-state index in [1.54, 1.807) is 18.2 Å². The number of rotatable bonds is 3. The molecular weight excluding hydrogens is 338 g/mol. The van der Waals surface area contributed by atoms with Crippen molar-refractivity contribution in [2.75, 3.05) is 5.32 Å². The van der Waals surface area contributed by atoms with Crippen LogP contribution in [-0.2, 0) is 17.4 Å². The normalized spacial score (nSPS) is 11.3. The third-order valence-corrected chi connectivity index (χ3v) is 3.58. The van der Waals surface area contributed by atoms with Gasteiger partial charge in [0.1, 0.15) is 0 Å². The van der Waals surface area contributed by atoms with Crippen LogP contribution in [0.3, 0.4) is 0 Å². The first-order valence-corrected chi connectivity index (χ1v) is 6.92. The number of hydrogen-bond acceptors (Lipinski definition) is 1. The maximum absolute atomic E-state index is 12.4. The lowest BCUT2D eigenvalue weighted by Crippen LogP contribution is -2.14. The topological polar surface area (TPSA) is 29.1 Å². The zero-order valence-corrected chi connectivity index (χ0v) is 12.6. The maximum Gasteiger partial charge on any atom is 0.416 e. The summed E-state index contributed by atoms with van der Waals surface area (Å²) in [4.78, 5) is 11.9. The van der Waals surface area contributed by atoms with Gasteiger partial charge in [0.25, 0.3) is 0 Å². The van der Waals surface area contributed by atoms with E-state index in [1.165, 1.54) is 12.1 Å². The molecule has 2 aromatic rings. The molecule has 2 rings (SSSR count). The number of anilines is 1. The van der Waals surface area contributed by atoms with Gasteiger partial charge in [-0.1, -0.05) is 29.3 Å². The van der Waals surface area contributed by atoms with Gasteiger partial charge in [-0.25, -0.2) is 0 Å². The number of nitrogens with one attached hydrogen (secondary N) is 1. The van der Waals surface area contributed by atoms with E-state index in [0.29, 0.717) is 15.6 Å². The van der Waals surface area contributed by atoms with Crippen LogP contribution in [0.2, 0.25) is 10.0 Å². The molecule has 0 radical (unpaired) electrons. The Bertz CT molecular complexity index is 684. The standard InChI is InChI=1S/C15H10Cl2F3NO/c16-12-6-1-9(7-13(12)17)8-14(22)21-11-4-2-10(3-5-11)15(18,19)20/h1-7H,8H2,(H,21,22). The molecule has 0 aliphatic rings. The number of hydrogen-bond donors (Lipinski definition) is 1. The molecule has 0 bridgehead atoms. The highest BCUT2D eigenvalue weighted by Crippen LogP contribution is 2.29. The van der Waals surface area contributed by atoms with Gasteiger partial charge in [0.15, 0.2) is 0 Å². The second-order valence-electron chi connectivity index (χ2n) is 4.55. The summed E-state index contributed by atoms with van der Waals surface area (Å²) in [5, 5.41) is 3.24. The number of alkyl halides is 3. The monoisotopic (exact) mass is 347 g/mol. The highest BCUT2D eigenvalue weighted by atomic mass is 35.5. The van der Waals surface area contributed by atoms with E-state index in [4.69, 9.17) is 23.2 Å². The molecule has 22 heavy (non-hydrogen) atoms. The van der Waals surface area contributed by atoms with E-state index >= 15 is 0 Å². The quantitative estimate of drug-likeness (QED) is 0.812. The van der Waals surface area contributed by atoms with Gasteiger partial charge in [-0.3, -0.25) is 4.79 Å². The van der Waals surface area contributed by atoms with Crippen molar-refractivity contribution in [2.45, 2.75) is 12.6 Å². The fraction of sp³-hybridized carbons (Fsp3) is 0.133. The Morgan fingerprint density at radius 2 is 1.64 bits per heavy atom. The van der Waals surface area contributed by atoms with Crippen LogP contribution in [0.25, 0.3) is 0 Å². The van der Waals surface area contributed by atoms with Crippen molar-refractivity contribution in [1.29, 1.82) is 0 Å². The number of carbonyl (C=O) groups excluding carboxylic acids is 1. The first-order chi connectivity index (χ1) is 10.3. The van der Waals surface area contributed by atoms with Gasteiger partial charge in [0, 0.05) is 5.69 Å². The lowest BCUT2D eigenvalue weighted by molar-refractivity contribution is -0.137. The lowest BCUT2D eigenvalue weighted by atomic mass is 10.1. The molecule has 0 atom stereocenters. The first kappa shape index (κ1) is 16.6. The molecule has 0 aromatic heterocycles. The van der Waals surface area contributed by atoms with Gasteiger partial charge in [-0.2, -0.15) is 13.2 Å². The average Bonchev–Trinajstić information content (AvgIpc) is 2.42. The van der Waals surface area contributed by atoms with Crippen LogP contribution in [0.4, 0.5) is 18.9 Å². The van der Waals surface area contributed by atoms with Crippen LogP contribution in [0.5, 0.6) is 0 Å². The van der Waals surface area contributed by atoms with Crippen LogP contribution in [-0.4, -0.2) is 5.91 Å². The molecule has 0 saturated carbocycles. The van der Waals surface area contributed by atoms with Gasteiger partial charge in [-0.15, -0.1) is 0 Å². The van der Waals surface area contributed by atoms with E-state index in [9.17, 15) is 18.0 Å². The van der Waals surface area contributed by atoms with Crippen molar-refractivity contribution < 1.29 is 18.0 Å². The fourth-order valence-corrected chi connectivity index (χ4v) is 2.10. The van der Waals surface area contributed by atoms with E-state index in [0.717, 1.165) is 12.1 Å². The molecule has 0 fully saturated rings. The smallest absolute Gasteiger partial charge is 0.326 e. The summed E-state index contributed by atoms with van der Waals surface area (Å²) in [7, 11) is 0. The first-order valence-electron chi connectivity index (χ1n) is 6.17. The summed E-state index contributed by atoms with van der Waals surface area (Å²) in [6.45, 7) is 0. The van der Waals surface area contributed by atoms with Gasteiger partial charge in [0.05, 0.1) is 22.0 Å². The van der Waals surface area contributed by atoms with Crippen LogP contribution in [0.1, 0.15) is 11.1 Å². The third-order valence-electron chi connectivity index (χ3n) is 2.84. The Balaban J connectivity index is 2.01. The molecule has 1 N–H and O–H groups in total. The van der Waals surface area contributed by atoms with Gasteiger partial charge in [0.2, 0.25) is 5.91 Å². The number of halogens is 5. The van der Waals surface area contributed by atoms with Crippen molar-refractivity contribution in [2.24, 2.45) is 0 Å². The lowest BCUT2D eigenvalue weighted by Gasteiger charge is -2.09. The number of amides is 1. The molecule has 7 heteroatoms. The minimum atomic E-state index is -4.40. The molecule has 2 aromatic carbocycles. The summed E-state index contributed by atoms with van der Waals surface area (Å²) >= 11 is 11.6.